The van der Waals surface area contributed by atoms with E-state index in [1.807, 2.05) is 22.7 Å². The number of rotatable bonds is 10. The lowest BCUT2D eigenvalue weighted by Crippen LogP contribution is -1.94. The number of fused-ring (bicyclic) bond motifs is 20. The van der Waals surface area contributed by atoms with Gasteiger partial charge in [0.15, 0.2) is 0 Å². The second kappa shape index (κ2) is 28.1. The minimum atomic E-state index is 1.15. The Hall–Kier alpha value is -15.4. The van der Waals surface area contributed by atoms with E-state index in [1.165, 1.54) is 216 Å². The Labute approximate surface area is 711 Å². The molecule has 122 heavy (non-hydrogen) atoms. The monoisotopic (exact) mass is 1580 g/mol. The van der Waals surface area contributed by atoms with E-state index >= 15 is 0 Å². The lowest BCUT2D eigenvalue weighted by Gasteiger charge is -2.10. The van der Waals surface area contributed by atoms with Crippen molar-refractivity contribution in [2.24, 2.45) is 0 Å². The number of thiophene rings is 2. The molecule has 4 nitrogen and oxygen atoms in total. The van der Waals surface area contributed by atoms with Crippen molar-refractivity contribution in [3.8, 4) is 89.5 Å². The second-order valence-electron chi connectivity index (χ2n) is 32.2. The molecule has 0 atom stereocenters. The highest BCUT2D eigenvalue weighted by Crippen LogP contribution is 2.47. The van der Waals surface area contributed by atoms with Gasteiger partial charge >= 0.3 is 0 Å². The van der Waals surface area contributed by atoms with E-state index in [9.17, 15) is 0 Å². The van der Waals surface area contributed by atoms with E-state index in [-0.39, 0.29) is 0 Å². The Morgan fingerprint density at radius 1 is 0.139 bits per heavy atom. The molecule has 0 aliphatic rings. The minimum absolute atomic E-state index is 1.15. The molecule has 26 aromatic rings. The summed E-state index contributed by atoms with van der Waals surface area (Å²) in [4.78, 5) is 0. The van der Waals surface area contributed by atoms with Gasteiger partial charge in [-0.25, -0.2) is 0 Å². The van der Waals surface area contributed by atoms with Crippen molar-refractivity contribution in [3.05, 3.63) is 437 Å². The molecular formula is C116H72N4S2. The van der Waals surface area contributed by atoms with Crippen LogP contribution in [-0.4, -0.2) is 18.3 Å². The summed E-state index contributed by atoms with van der Waals surface area (Å²) in [7, 11) is 0. The summed E-state index contributed by atoms with van der Waals surface area (Å²) in [5, 5.41) is 20.3. The van der Waals surface area contributed by atoms with Gasteiger partial charge in [-0.3, -0.25) is 0 Å². The lowest BCUT2D eigenvalue weighted by atomic mass is 9.98. The first-order valence-electron chi connectivity index (χ1n) is 41.8. The van der Waals surface area contributed by atoms with Gasteiger partial charge < -0.3 is 18.3 Å². The van der Waals surface area contributed by atoms with Crippen LogP contribution in [0.3, 0.4) is 0 Å². The zero-order chi connectivity index (χ0) is 80.0. The molecule has 26 rings (SSSR count). The summed E-state index contributed by atoms with van der Waals surface area (Å²) in [6.07, 6.45) is 0. The topological polar surface area (TPSA) is 19.7 Å². The second-order valence-corrected chi connectivity index (χ2v) is 34.4. The van der Waals surface area contributed by atoms with Gasteiger partial charge in [0.25, 0.3) is 0 Å². The fraction of sp³-hybridized carbons (Fsp3) is 0. The normalized spacial score (nSPS) is 11.9. The van der Waals surface area contributed by atoms with E-state index in [1.54, 1.807) is 0 Å². The number of nitrogens with zero attached hydrogens (tertiary/aromatic N) is 4. The van der Waals surface area contributed by atoms with Crippen LogP contribution in [0.4, 0.5) is 0 Å². The molecule has 0 fully saturated rings. The maximum absolute atomic E-state index is 2.42. The number of aromatic nitrogens is 4. The number of hydrogen-bond acceptors (Lipinski definition) is 2. The third-order valence-electron chi connectivity index (χ3n) is 25.4. The molecule has 0 amide bonds. The molecule has 6 heterocycles. The molecular weight excluding hydrogens is 1510 g/mol. The molecule has 0 aliphatic heterocycles. The minimum Gasteiger partial charge on any atom is -0.309 e. The Kier molecular flexibility index (Phi) is 16.1. The number of benzene rings is 20. The van der Waals surface area contributed by atoms with Crippen molar-refractivity contribution in [1.29, 1.82) is 0 Å². The number of para-hydroxylation sites is 4. The van der Waals surface area contributed by atoms with Crippen LogP contribution in [0, 0.1) is 0 Å². The summed E-state index contributed by atoms with van der Waals surface area (Å²) in [5.41, 5.74) is 28.9. The Bertz CT molecular complexity index is 8750. The van der Waals surface area contributed by atoms with Gasteiger partial charge in [0, 0.05) is 106 Å². The SMILES string of the molecule is c1ccc(-n2c3ccc(-c4ccc5c(c4)c4ccccc4n5-c4ccc(-c5ccc6ccccc6c5)cc4)cc3c3cc(-c4cccc5c4sc4ccccc45)ccc32)cc1.c1ccc(-n2c3ccc(-c4ccc5c(c4)sc4ccccc45)cc3c3cc(-c4ccc5c(c4)c4ccccc4n5-c4ccc(-c5ccc6ccccc6c5)cc4)ccc32)cc1. The number of hydrogen-bond donors (Lipinski definition) is 0. The van der Waals surface area contributed by atoms with E-state index in [0.717, 1.165) is 22.7 Å². The van der Waals surface area contributed by atoms with Crippen LogP contribution in [0.5, 0.6) is 0 Å². The Morgan fingerprint density at radius 2 is 0.426 bits per heavy atom. The summed E-state index contributed by atoms with van der Waals surface area (Å²) in [6, 6.07) is 161. The molecule has 568 valence electrons. The fourth-order valence-electron chi connectivity index (χ4n) is 19.5. The summed E-state index contributed by atoms with van der Waals surface area (Å²) in [6.45, 7) is 0. The van der Waals surface area contributed by atoms with Gasteiger partial charge in [0.2, 0.25) is 0 Å². The van der Waals surface area contributed by atoms with Crippen molar-refractivity contribution in [2.75, 3.05) is 0 Å². The molecule has 6 aromatic heterocycles. The van der Waals surface area contributed by atoms with Crippen molar-refractivity contribution < 1.29 is 0 Å². The van der Waals surface area contributed by atoms with Crippen LogP contribution in [0.15, 0.2) is 437 Å². The van der Waals surface area contributed by atoms with Crippen molar-refractivity contribution in [1.82, 2.24) is 18.3 Å². The first-order chi connectivity index (χ1) is 60.4. The van der Waals surface area contributed by atoms with E-state index < -0.39 is 0 Å². The van der Waals surface area contributed by atoms with Crippen molar-refractivity contribution >= 4 is 172 Å². The maximum atomic E-state index is 2.42. The smallest absolute Gasteiger partial charge is 0.0541 e. The quantitative estimate of drug-likeness (QED) is 0.130. The van der Waals surface area contributed by atoms with Crippen LogP contribution >= 0.6 is 22.7 Å². The summed E-state index contributed by atoms with van der Waals surface area (Å²) in [5.74, 6) is 0. The van der Waals surface area contributed by atoms with Crippen LogP contribution in [0.25, 0.3) is 239 Å². The van der Waals surface area contributed by atoms with Crippen LogP contribution < -0.4 is 0 Å². The first kappa shape index (κ1) is 69.7. The molecule has 6 heteroatoms. The average molecular weight is 1590 g/mol. The van der Waals surface area contributed by atoms with Crippen LogP contribution in [0.1, 0.15) is 0 Å². The van der Waals surface area contributed by atoms with Gasteiger partial charge in [-0.1, -0.05) is 273 Å². The van der Waals surface area contributed by atoms with Gasteiger partial charge in [0.1, 0.15) is 0 Å². The van der Waals surface area contributed by atoms with Crippen LogP contribution in [-0.2, 0) is 0 Å². The molecule has 0 spiro atoms. The fourth-order valence-corrected chi connectivity index (χ4v) is 21.9. The largest absolute Gasteiger partial charge is 0.309 e. The summed E-state index contributed by atoms with van der Waals surface area (Å²) >= 11 is 3.76. The predicted molar refractivity (Wildman–Crippen MR) is 524 cm³/mol. The first-order valence-corrected chi connectivity index (χ1v) is 43.4. The molecule has 0 radical (unpaired) electrons. The van der Waals surface area contributed by atoms with Gasteiger partial charge in [0.05, 0.1) is 44.1 Å². The third kappa shape index (κ3) is 11.4. The average Bonchev–Trinajstić information content (AvgIpc) is 1.58. The Balaban J connectivity index is 0.000000134. The third-order valence-corrected chi connectivity index (χ3v) is 27.8. The molecule has 20 aromatic carbocycles. The molecule has 0 N–H and O–H groups in total. The zero-order valence-electron chi connectivity index (χ0n) is 66.2. The van der Waals surface area contributed by atoms with Crippen molar-refractivity contribution in [3.63, 3.8) is 0 Å². The highest BCUT2D eigenvalue weighted by atomic mass is 32.1. The Morgan fingerprint density at radius 3 is 0.877 bits per heavy atom. The van der Waals surface area contributed by atoms with Crippen LogP contribution in [0.2, 0.25) is 0 Å². The molecule has 0 unspecified atom stereocenters. The van der Waals surface area contributed by atoms with Gasteiger partial charge in [-0.15, -0.1) is 22.7 Å². The standard InChI is InChI=1S/2C58H36N2S/c1-2-13-44(14-3-1)59-55-31-26-42(35-51(55)52-36-43(27-32-56(52)59)46-17-10-18-49-48-16-7-9-20-57(48)61-58(46)49)41-25-30-54-50(34-41)47-15-6-8-19-53(47)60(54)45-28-23-38(24-29-45)40-22-21-37-11-4-5-12-39(37)33-40;1-2-12-45(13-3-1)59-55-30-24-42(34-51(55)52-35-43(25-31-56(52)59)44-22-28-49-48-15-7-9-17-57(48)61-58(49)36-44)41-23-29-54-50(33-41)47-14-6-8-16-53(47)60(54)46-26-20-38(21-27-46)40-19-18-37-10-4-5-11-39(37)32-40/h2*1-36H. The van der Waals surface area contributed by atoms with E-state index in [4.69, 9.17) is 0 Å². The lowest BCUT2D eigenvalue weighted by molar-refractivity contribution is 1.18. The van der Waals surface area contributed by atoms with Gasteiger partial charge in [-0.05, 0) is 252 Å². The molecule has 0 aliphatic carbocycles. The molecule has 0 bridgehead atoms. The highest BCUT2D eigenvalue weighted by Gasteiger charge is 2.23. The highest BCUT2D eigenvalue weighted by molar-refractivity contribution is 7.26. The predicted octanol–water partition coefficient (Wildman–Crippen LogP) is 32.8. The van der Waals surface area contributed by atoms with E-state index in [2.05, 4.69) is 455 Å². The van der Waals surface area contributed by atoms with E-state index in [0.29, 0.717) is 0 Å². The zero-order valence-corrected chi connectivity index (χ0v) is 67.8. The molecule has 0 saturated heterocycles. The van der Waals surface area contributed by atoms with Gasteiger partial charge in [-0.2, -0.15) is 0 Å². The maximum Gasteiger partial charge on any atom is 0.0541 e. The van der Waals surface area contributed by atoms with Crippen molar-refractivity contribution in [2.45, 2.75) is 0 Å². The summed E-state index contributed by atoms with van der Waals surface area (Å²) < 4.78 is 15.0. The molecule has 0 saturated carbocycles.